The van der Waals surface area contributed by atoms with Gasteiger partial charge in [-0.2, -0.15) is 0 Å². The van der Waals surface area contributed by atoms with Crippen molar-refractivity contribution in [1.29, 1.82) is 0 Å². The number of carbonyl (C=O) groups excluding carboxylic acids is 3. The monoisotopic (exact) mass is 343 g/mol. The molecule has 0 aromatic heterocycles. The Morgan fingerprint density at radius 2 is 1.71 bits per heavy atom. The average Bonchev–Trinajstić information content (AvgIpc) is 2.83. The van der Waals surface area contributed by atoms with Gasteiger partial charge in [0, 0.05) is 12.1 Å². The van der Waals surface area contributed by atoms with Crippen molar-refractivity contribution in [3.05, 3.63) is 40.3 Å². The highest BCUT2D eigenvalue weighted by atomic mass is 32.2. The van der Waals surface area contributed by atoms with Crippen molar-refractivity contribution in [2.24, 2.45) is 5.41 Å². The Bertz CT molecular complexity index is 687. The molecule has 0 N–H and O–H groups in total. The van der Waals surface area contributed by atoms with Gasteiger partial charge in [0.2, 0.25) is 0 Å². The fourth-order valence-corrected chi connectivity index (χ4v) is 4.24. The predicted molar refractivity (Wildman–Crippen MR) is 95.7 cm³/mol. The molecule has 2 fully saturated rings. The first-order chi connectivity index (χ1) is 11.5. The van der Waals surface area contributed by atoms with Gasteiger partial charge in [-0.1, -0.05) is 50.5 Å². The van der Waals surface area contributed by atoms with Gasteiger partial charge < -0.3 is 0 Å². The van der Waals surface area contributed by atoms with Gasteiger partial charge in [0.25, 0.3) is 11.1 Å². The Kier molecular flexibility index (Phi) is 4.90. The lowest BCUT2D eigenvalue weighted by Crippen LogP contribution is -2.39. The first-order valence-electron chi connectivity index (χ1n) is 8.31. The first-order valence-corrected chi connectivity index (χ1v) is 9.13. The van der Waals surface area contributed by atoms with Gasteiger partial charge in [0.05, 0.1) is 4.91 Å². The van der Waals surface area contributed by atoms with Crippen molar-refractivity contribution in [1.82, 2.24) is 4.90 Å². The van der Waals surface area contributed by atoms with Crippen molar-refractivity contribution in [3.8, 4) is 0 Å². The Labute approximate surface area is 146 Å². The van der Waals surface area contributed by atoms with Crippen LogP contribution in [0.4, 0.5) is 4.79 Å². The molecule has 0 atom stereocenters. The third kappa shape index (κ3) is 3.61. The first kappa shape index (κ1) is 17.0. The van der Waals surface area contributed by atoms with Crippen LogP contribution in [0, 0.1) is 5.41 Å². The molecule has 2 amide bonds. The number of hydrogen-bond donors (Lipinski definition) is 0. The van der Waals surface area contributed by atoms with E-state index in [1.807, 2.05) is 0 Å². The molecular formula is C19H21NO3S. The molecule has 0 unspecified atom stereocenters. The topological polar surface area (TPSA) is 54.5 Å². The molecule has 1 heterocycles. The van der Waals surface area contributed by atoms with Crippen molar-refractivity contribution >= 4 is 35.3 Å². The summed E-state index contributed by atoms with van der Waals surface area (Å²) >= 11 is 1.00. The molecule has 0 radical (unpaired) electrons. The van der Waals surface area contributed by atoms with E-state index in [1.54, 1.807) is 30.3 Å². The fourth-order valence-electron chi connectivity index (χ4n) is 3.40. The zero-order valence-corrected chi connectivity index (χ0v) is 14.6. The number of rotatable bonds is 4. The van der Waals surface area contributed by atoms with Crippen molar-refractivity contribution in [2.45, 2.75) is 39.0 Å². The Morgan fingerprint density at radius 3 is 2.33 bits per heavy atom. The Balaban J connectivity index is 1.75. The maximum atomic E-state index is 12.6. The maximum absolute atomic E-state index is 12.6. The van der Waals surface area contributed by atoms with Crippen LogP contribution in [-0.4, -0.2) is 28.9 Å². The summed E-state index contributed by atoms with van der Waals surface area (Å²) in [4.78, 5) is 37.5. The van der Waals surface area contributed by atoms with E-state index < -0.39 is 0 Å². The number of carbonyl (C=O) groups is 3. The molecule has 24 heavy (non-hydrogen) atoms. The van der Waals surface area contributed by atoms with E-state index in [4.69, 9.17) is 0 Å². The molecule has 1 saturated heterocycles. The number of aldehydes is 1. The molecule has 0 bridgehead atoms. The van der Waals surface area contributed by atoms with Crippen LogP contribution in [0.1, 0.15) is 54.9 Å². The normalized spacial score (nSPS) is 22.2. The van der Waals surface area contributed by atoms with Crippen LogP contribution in [0.2, 0.25) is 0 Å². The lowest BCUT2D eigenvalue weighted by atomic mass is 9.75. The van der Waals surface area contributed by atoms with Gasteiger partial charge in [0.1, 0.15) is 6.29 Å². The van der Waals surface area contributed by atoms with E-state index in [1.165, 1.54) is 24.2 Å². The molecule has 1 saturated carbocycles. The summed E-state index contributed by atoms with van der Waals surface area (Å²) in [7, 11) is 0. The molecule has 2 aliphatic rings. The second kappa shape index (κ2) is 6.93. The minimum atomic E-state index is -0.198. The van der Waals surface area contributed by atoms with E-state index >= 15 is 0 Å². The summed E-state index contributed by atoms with van der Waals surface area (Å²) in [5.41, 5.74) is 1.45. The molecule has 3 rings (SSSR count). The molecule has 5 heteroatoms. The summed E-state index contributed by atoms with van der Waals surface area (Å²) in [6.45, 7) is 2.69. The fraction of sp³-hybridized carbons (Fsp3) is 0.421. The van der Waals surface area contributed by atoms with Crippen molar-refractivity contribution in [2.75, 3.05) is 6.54 Å². The van der Waals surface area contributed by atoms with E-state index in [-0.39, 0.29) is 16.6 Å². The average molecular weight is 343 g/mol. The second-order valence-corrected chi connectivity index (χ2v) is 7.92. The van der Waals surface area contributed by atoms with E-state index in [0.29, 0.717) is 17.0 Å². The minimum absolute atomic E-state index is 0.0468. The smallest absolute Gasteiger partial charge is 0.293 e. The van der Waals surface area contributed by atoms with Gasteiger partial charge in [0.15, 0.2) is 0 Å². The Morgan fingerprint density at radius 1 is 1.08 bits per heavy atom. The summed E-state index contributed by atoms with van der Waals surface area (Å²) < 4.78 is 0. The zero-order chi connectivity index (χ0) is 17.2. The van der Waals surface area contributed by atoms with Crippen LogP contribution in [0.15, 0.2) is 29.2 Å². The van der Waals surface area contributed by atoms with Gasteiger partial charge in [-0.05, 0) is 41.7 Å². The van der Waals surface area contributed by atoms with E-state index in [2.05, 4.69) is 6.92 Å². The number of thioether (sulfide) groups is 1. The summed E-state index contributed by atoms with van der Waals surface area (Å²) in [6.07, 6.45) is 8.23. The number of nitrogens with zero attached hydrogens (tertiary/aromatic N) is 1. The van der Waals surface area contributed by atoms with Gasteiger partial charge in [-0.3, -0.25) is 19.3 Å². The van der Waals surface area contributed by atoms with Gasteiger partial charge in [-0.25, -0.2) is 0 Å². The molecule has 126 valence electrons. The molecule has 4 nitrogen and oxygen atoms in total. The minimum Gasteiger partial charge on any atom is -0.298 e. The van der Waals surface area contributed by atoms with Crippen molar-refractivity contribution in [3.63, 3.8) is 0 Å². The maximum Gasteiger partial charge on any atom is 0.293 e. The Hall–Kier alpha value is -1.88. The summed E-state index contributed by atoms with van der Waals surface area (Å²) in [6, 6.07) is 6.96. The van der Waals surface area contributed by atoms with Gasteiger partial charge >= 0.3 is 0 Å². The van der Waals surface area contributed by atoms with Crippen molar-refractivity contribution < 1.29 is 14.4 Å². The number of imide groups is 1. The highest BCUT2D eigenvalue weighted by Gasteiger charge is 2.40. The van der Waals surface area contributed by atoms with Crippen LogP contribution in [0.3, 0.4) is 0 Å². The molecule has 1 aromatic rings. The largest absolute Gasteiger partial charge is 0.298 e. The number of hydrogen-bond acceptors (Lipinski definition) is 4. The lowest BCUT2D eigenvalue weighted by molar-refractivity contribution is -0.124. The summed E-state index contributed by atoms with van der Waals surface area (Å²) in [5.74, 6) is -0.198. The van der Waals surface area contributed by atoms with Crippen LogP contribution >= 0.6 is 11.8 Å². The molecule has 1 aliphatic carbocycles. The van der Waals surface area contributed by atoms with Crippen LogP contribution in [-0.2, 0) is 4.79 Å². The summed E-state index contributed by atoms with van der Waals surface area (Å²) in [5, 5.41) is -0.178. The molecular weight excluding hydrogens is 322 g/mol. The van der Waals surface area contributed by atoms with Gasteiger partial charge in [-0.15, -0.1) is 0 Å². The van der Waals surface area contributed by atoms with E-state index in [0.717, 1.165) is 36.5 Å². The third-order valence-electron chi connectivity index (χ3n) is 4.84. The van der Waals surface area contributed by atoms with Crippen LogP contribution in [0.5, 0.6) is 0 Å². The second-order valence-electron chi connectivity index (χ2n) is 6.92. The molecule has 1 aliphatic heterocycles. The zero-order valence-electron chi connectivity index (χ0n) is 13.8. The highest BCUT2D eigenvalue weighted by Crippen LogP contribution is 2.40. The highest BCUT2D eigenvalue weighted by molar-refractivity contribution is 8.18. The van der Waals surface area contributed by atoms with Crippen LogP contribution in [0.25, 0.3) is 6.08 Å². The third-order valence-corrected chi connectivity index (χ3v) is 5.75. The lowest BCUT2D eigenvalue weighted by Gasteiger charge is -2.35. The predicted octanol–water partition coefficient (Wildman–Crippen LogP) is 4.51. The van der Waals surface area contributed by atoms with E-state index in [9.17, 15) is 14.4 Å². The number of benzene rings is 1. The number of amides is 2. The SMILES string of the molecule is CC1(CN2C(=O)S/C(=C\c3ccc(C=O)cc3)C2=O)CCCCC1. The molecule has 0 spiro atoms. The molecule has 1 aromatic carbocycles. The quantitative estimate of drug-likeness (QED) is 0.596. The van der Waals surface area contributed by atoms with Crippen LogP contribution < -0.4 is 0 Å². The standard InChI is InChI=1S/C19H21NO3S/c1-19(9-3-2-4-10-19)13-20-17(22)16(24-18(20)23)11-14-5-7-15(12-21)8-6-14/h5-8,11-12H,2-4,9-10,13H2,1H3/b16-11-.